The van der Waals surface area contributed by atoms with Gasteiger partial charge in [-0.1, -0.05) is 55.8 Å². The average molecular weight is 442 g/mol. The minimum absolute atomic E-state index is 0.357. The maximum Gasteiger partial charge on any atom is 0.187 e. The second kappa shape index (κ2) is 10.9. The predicted molar refractivity (Wildman–Crippen MR) is 132 cm³/mol. The summed E-state index contributed by atoms with van der Waals surface area (Å²) in [6.45, 7) is 13.1. The number of hydrogen-bond donors (Lipinski definition) is 0. The molecule has 2 aromatic carbocycles. The Morgan fingerprint density at radius 1 is 1.09 bits per heavy atom. The molecule has 1 heterocycles. The van der Waals surface area contributed by atoms with Crippen LogP contribution in [-0.4, -0.2) is 31.1 Å². The first-order valence-corrected chi connectivity index (χ1v) is 12.5. The Kier molecular flexibility index (Phi) is 7.69. The van der Waals surface area contributed by atoms with Gasteiger partial charge in [-0.25, -0.2) is 4.85 Å². The lowest BCUT2D eigenvalue weighted by atomic mass is 9.58. The van der Waals surface area contributed by atoms with Crippen molar-refractivity contribution in [1.29, 1.82) is 5.26 Å². The topological polar surface area (TPSA) is 40.6 Å². The van der Waals surface area contributed by atoms with E-state index in [1.165, 1.54) is 18.4 Å². The molecule has 4 nitrogen and oxygen atoms in total. The SMILES string of the molecule is [C-]#[N+]c1ccc(OCCCN2CCC(C(C#N)(c3ccccc3)C(CC)C3CC3)CC2)cc1. The molecule has 172 valence electrons. The summed E-state index contributed by atoms with van der Waals surface area (Å²) < 4.78 is 5.85. The minimum Gasteiger partial charge on any atom is -0.494 e. The molecule has 0 bridgehead atoms. The van der Waals surface area contributed by atoms with Gasteiger partial charge in [-0.15, -0.1) is 0 Å². The highest BCUT2D eigenvalue weighted by Gasteiger charge is 2.52. The van der Waals surface area contributed by atoms with Crippen LogP contribution in [-0.2, 0) is 5.41 Å². The van der Waals surface area contributed by atoms with Crippen molar-refractivity contribution in [2.45, 2.75) is 50.9 Å². The average Bonchev–Trinajstić information content (AvgIpc) is 3.72. The number of likely N-dealkylation sites (tertiary alicyclic amines) is 1. The van der Waals surface area contributed by atoms with Crippen LogP contribution < -0.4 is 4.74 Å². The largest absolute Gasteiger partial charge is 0.494 e. The third kappa shape index (κ3) is 5.23. The van der Waals surface area contributed by atoms with E-state index in [1.54, 1.807) is 12.1 Å². The molecule has 0 aromatic heterocycles. The monoisotopic (exact) mass is 441 g/mol. The van der Waals surface area contributed by atoms with Gasteiger partial charge in [-0.3, -0.25) is 0 Å². The van der Waals surface area contributed by atoms with Crippen molar-refractivity contribution in [1.82, 2.24) is 4.90 Å². The van der Waals surface area contributed by atoms with Gasteiger partial charge in [0.1, 0.15) is 5.75 Å². The van der Waals surface area contributed by atoms with Gasteiger partial charge in [0.25, 0.3) is 0 Å². The third-order valence-electron chi connectivity index (χ3n) is 7.74. The maximum absolute atomic E-state index is 10.6. The quantitative estimate of drug-likeness (QED) is 0.307. The minimum atomic E-state index is -0.357. The van der Waals surface area contributed by atoms with E-state index in [4.69, 9.17) is 11.3 Å². The molecular weight excluding hydrogens is 406 g/mol. The summed E-state index contributed by atoms with van der Waals surface area (Å²) in [5.74, 6) is 2.43. The number of benzene rings is 2. The van der Waals surface area contributed by atoms with E-state index in [0.29, 0.717) is 30.0 Å². The fourth-order valence-electron chi connectivity index (χ4n) is 5.94. The molecule has 0 N–H and O–H groups in total. The van der Waals surface area contributed by atoms with Gasteiger partial charge < -0.3 is 9.64 Å². The molecule has 0 radical (unpaired) electrons. The van der Waals surface area contributed by atoms with Crippen molar-refractivity contribution in [2.24, 2.45) is 17.8 Å². The summed E-state index contributed by atoms with van der Waals surface area (Å²) in [5, 5.41) is 10.6. The van der Waals surface area contributed by atoms with Crippen molar-refractivity contribution in [3.8, 4) is 11.8 Å². The molecule has 1 aliphatic heterocycles. The Bertz CT molecular complexity index is 963. The fraction of sp³-hybridized carbons (Fsp3) is 0.517. The Balaban J connectivity index is 1.33. The van der Waals surface area contributed by atoms with Crippen LogP contribution in [0.4, 0.5) is 5.69 Å². The zero-order chi connectivity index (χ0) is 23.1. The van der Waals surface area contributed by atoms with E-state index in [9.17, 15) is 5.26 Å². The van der Waals surface area contributed by atoms with Gasteiger partial charge in [-0.05, 0) is 80.6 Å². The zero-order valence-corrected chi connectivity index (χ0v) is 19.7. The molecule has 1 saturated carbocycles. The van der Waals surface area contributed by atoms with Crippen LogP contribution in [0.25, 0.3) is 4.85 Å². The molecule has 4 heteroatoms. The van der Waals surface area contributed by atoms with Crippen molar-refractivity contribution in [3.05, 3.63) is 71.6 Å². The van der Waals surface area contributed by atoms with Gasteiger partial charge in [0.15, 0.2) is 5.69 Å². The highest BCUT2D eigenvalue weighted by Crippen LogP contribution is 2.53. The van der Waals surface area contributed by atoms with Crippen molar-refractivity contribution >= 4 is 5.69 Å². The van der Waals surface area contributed by atoms with Crippen molar-refractivity contribution < 1.29 is 4.74 Å². The molecule has 2 fully saturated rings. The van der Waals surface area contributed by atoms with Crippen LogP contribution >= 0.6 is 0 Å². The molecule has 33 heavy (non-hydrogen) atoms. The van der Waals surface area contributed by atoms with Crippen LogP contribution in [0, 0.1) is 35.7 Å². The normalized spacial score (nSPS) is 19.7. The summed E-state index contributed by atoms with van der Waals surface area (Å²) in [6, 6.07) is 20.9. The zero-order valence-electron chi connectivity index (χ0n) is 19.7. The summed E-state index contributed by atoms with van der Waals surface area (Å²) >= 11 is 0. The van der Waals surface area contributed by atoms with E-state index >= 15 is 0 Å². The highest BCUT2D eigenvalue weighted by atomic mass is 16.5. The van der Waals surface area contributed by atoms with E-state index in [-0.39, 0.29) is 5.41 Å². The van der Waals surface area contributed by atoms with Crippen LogP contribution in [0.1, 0.15) is 51.0 Å². The Labute approximate surface area is 199 Å². The van der Waals surface area contributed by atoms with Crippen LogP contribution in [0.2, 0.25) is 0 Å². The smallest absolute Gasteiger partial charge is 0.187 e. The number of piperidine rings is 1. The second-order valence-electron chi connectivity index (χ2n) is 9.62. The van der Waals surface area contributed by atoms with Crippen molar-refractivity contribution in [3.63, 3.8) is 0 Å². The Morgan fingerprint density at radius 2 is 1.79 bits per heavy atom. The summed E-state index contributed by atoms with van der Waals surface area (Å²) in [7, 11) is 0. The van der Waals surface area contributed by atoms with Crippen LogP contribution in [0.3, 0.4) is 0 Å². The van der Waals surface area contributed by atoms with Crippen molar-refractivity contribution in [2.75, 3.05) is 26.2 Å². The standard InChI is InChI=1S/C29H35N3O/c1-3-28(23-10-11-23)29(22-30,24-8-5-4-6-9-24)25-16-19-32(20-17-25)18-7-21-33-27-14-12-26(31-2)13-15-27/h4-6,8-9,12-15,23,25,28H,3,7,10-11,16-21H2,1H3. The molecule has 0 amide bonds. The Morgan fingerprint density at radius 3 is 2.36 bits per heavy atom. The first-order chi connectivity index (χ1) is 16.2. The summed E-state index contributed by atoms with van der Waals surface area (Å²) in [6.07, 6.45) is 6.82. The fourth-order valence-corrected chi connectivity index (χ4v) is 5.94. The number of ether oxygens (including phenoxy) is 1. The summed E-state index contributed by atoms with van der Waals surface area (Å²) in [4.78, 5) is 5.95. The van der Waals surface area contributed by atoms with E-state index in [0.717, 1.165) is 51.1 Å². The lowest BCUT2D eigenvalue weighted by Gasteiger charge is -2.45. The highest BCUT2D eigenvalue weighted by molar-refractivity contribution is 5.47. The number of hydrogen-bond acceptors (Lipinski definition) is 3. The predicted octanol–water partition coefficient (Wildman–Crippen LogP) is 6.62. The third-order valence-corrected chi connectivity index (χ3v) is 7.74. The van der Waals surface area contributed by atoms with E-state index in [2.05, 4.69) is 53.1 Å². The number of nitriles is 1. The molecule has 4 rings (SSSR count). The first kappa shape index (κ1) is 23.3. The lowest BCUT2D eigenvalue weighted by molar-refractivity contribution is 0.104. The molecule has 0 spiro atoms. The molecule has 2 aliphatic rings. The molecule has 1 saturated heterocycles. The maximum atomic E-state index is 10.6. The first-order valence-electron chi connectivity index (χ1n) is 12.5. The van der Waals surface area contributed by atoms with Gasteiger partial charge in [0.05, 0.1) is 24.7 Å². The van der Waals surface area contributed by atoms with Gasteiger partial charge in [-0.2, -0.15) is 5.26 Å². The molecule has 2 atom stereocenters. The van der Waals surface area contributed by atoms with Gasteiger partial charge in [0, 0.05) is 6.54 Å². The molecular formula is C29H35N3O. The number of nitrogens with zero attached hydrogens (tertiary/aromatic N) is 3. The Hall–Kier alpha value is -2.82. The molecule has 2 aromatic rings. The number of rotatable bonds is 10. The molecule has 2 unspecified atom stereocenters. The van der Waals surface area contributed by atoms with E-state index in [1.807, 2.05) is 12.1 Å². The van der Waals surface area contributed by atoms with Gasteiger partial charge in [0.2, 0.25) is 0 Å². The lowest BCUT2D eigenvalue weighted by Crippen LogP contribution is -2.47. The van der Waals surface area contributed by atoms with Crippen LogP contribution in [0.15, 0.2) is 54.6 Å². The van der Waals surface area contributed by atoms with Crippen LogP contribution in [0.5, 0.6) is 5.75 Å². The summed E-state index contributed by atoms with van der Waals surface area (Å²) in [5.41, 5.74) is 1.52. The second-order valence-corrected chi connectivity index (χ2v) is 9.62. The van der Waals surface area contributed by atoms with Gasteiger partial charge >= 0.3 is 0 Å². The molecule has 1 aliphatic carbocycles. The van der Waals surface area contributed by atoms with E-state index < -0.39 is 0 Å².